The first-order valence-corrected chi connectivity index (χ1v) is 11.8. The molecule has 0 amide bonds. The molecule has 5 nitrogen and oxygen atoms in total. The second kappa shape index (κ2) is 9.28. The van der Waals surface area contributed by atoms with Crippen molar-refractivity contribution in [1.29, 1.82) is 0 Å². The molecule has 0 saturated heterocycles. The summed E-state index contributed by atoms with van der Waals surface area (Å²) in [5, 5.41) is 0. The minimum atomic E-state index is -3.61. The molecule has 0 heterocycles. The highest BCUT2D eigenvalue weighted by molar-refractivity contribution is 14.1. The van der Waals surface area contributed by atoms with Crippen LogP contribution in [-0.4, -0.2) is 27.5 Å². The molecule has 2 rings (SSSR count). The standard InChI is InChI=1S/C16H14I3NO4S/c1-10-2-4-12(5-3-10)25(22,23)20-6-7-24-16(21)13-8-11(17)9-14(18)15(13)19/h2-5,8-9,20H,6-7H2,1H3. The van der Waals surface area contributed by atoms with Crippen LogP contribution in [0.2, 0.25) is 0 Å². The molecule has 2 aromatic carbocycles. The van der Waals surface area contributed by atoms with Crippen LogP contribution in [0.15, 0.2) is 41.3 Å². The van der Waals surface area contributed by atoms with Gasteiger partial charge in [0.1, 0.15) is 6.61 Å². The molecule has 0 atom stereocenters. The minimum absolute atomic E-state index is 0.0134. The number of ether oxygens (including phenoxy) is 1. The summed E-state index contributed by atoms with van der Waals surface area (Å²) in [6.07, 6.45) is 0. The predicted molar refractivity (Wildman–Crippen MR) is 121 cm³/mol. The normalized spacial score (nSPS) is 11.4. The van der Waals surface area contributed by atoms with Crippen molar-refractivity contribution in [3.8, 4) is 0 Å². The van der Waals surface area contributed by atoms with E-state index in [4.69, 9.17) is 4.74 Å². The van der Waals surface area contributed by atoms with Gasteiger partial charge in [-0.15, -0.1) is 0 Å². The molecule has 25 heavy (non-hydrogen) atoms. The zero-order chi connectivity index (χ0) is 18.6. The number of carbonyl (C=O) groups is 1. The molecule has 0 radical (unpaired) electrons. The Balaban J connectivity index is 1.93. The van der Waals surface area contributed by atoms with E-state index in [9.17, 15) is 13.2 Å². The van der Waals surface area contributed by atoms with Crippen molar-refractivity contribution in [1.82, 2.24) is 4.72 Å². The Labute approximate surface area is 187 Å². The van der Waals surface area contributed by atoms with Crippen LogP contribution in [0.3, 0.4) is 0 Å². The highest BCUT2D eigenvalue weighted by atomic mass is 127. The molecule has 0 aliphatic heterocycles. The van der Waals surface area contributed by atoms with Crippen LogP contribution in [-0.2, 0) is 14.8 Å². The van der Waals surface area contributed by atoms with Gasteiger partial charge in [0.15, 0.2) is 0 Å². The summed E-state index contributed by atoms with van der Waals surface area (Å²) in [6.45, 7) is 1.86. The molecular formula is C16H14I3NO4S. The average molecular weight is 697 g/mol. The summed E-state index contributed by atoms with van der Waals surface area (Å²) < 4.78 is 34.6. The zero-order valence-corrected chi connectivity index (χ0v) is 20.3. The topological polar surface area (TPSA) is 72.5 Å². The highest BCUT2D eigenvalue weighted by Crippen LogP contribution is 2.23. The Morgan fingerprint density at radius 2 is 1.76 bits per heavy atom. The van der Waals surface area contributed by atoms with Gasteiger partial charge in [-0.05, 0) is 99.0 Å². The molecule has 0 bridgehead atoms. The number of benzene rings is 2. The summed E-state index contributed by atoms with van der Waals surface area (Å²) in [5.74, 6) is -0.463. The number of esters is 1. The molecular weight excluding hydrogens is 683 g/mol. The Hall–Kier alpha value is 0.0100. The van der Waals surface area contributed by atoms with Gasteiger partial charge in [0, 0.05) is 17.3 Å². The van der Waals surface area contributed by atoms with E-state index >= 15 is 0 Å². The summed E-state index contributed by atoms with van der Waals surface area (Å²) in [4.78, 5) is 12.4. The molecule has 0 aliphatic rings. The number of nitrogens with one attached hydrogen (secondary N) is 1. The second-order valence-corrected chi connectivity index (χ2v) is 10.3. The zero-order valence-electron chi connectivity index (χ0n) is 13.1. The van der Waals surface area contributed by atoms with Gasteiger partial charge in [-0.25, -0.2) is 17.9 Å². The first kappa shape index (κ1) is 21.3. The molecule has 0 aliphatic carbocycles. The van der Waals surface area contributed by atoms with Crippen molar-refractivity contribution in [2.45, 2.75) is 11.8 Å². The lowest BCUT2D eigenvalue weighted by molar-refractivity contribution is 0.0511. The SMILES string of the molecule is Cc1ccc(S(=O)(=O)NCCOC(=O)c2cc(I)cc(I)c2I)cc1. The Morgan fingerprint density at radius 3 is 2.40 bits per heavy atom. The van der Waals surface area contributed by atoms with Crippen LogP contribution in [0.1, 0.15) is 15.9 Å². The van der Waals surface area contributed by atoms with Crippen LogP contribution < -0.4 is 4.72 Å². The number of aryl methyl sites for hydroxylation is 1. The Bertz CT molecular complexity index is 883. The lowest BCUT2D eigenvalue weighted by Gasteiger charge is -2.10. The molecule has 0 saturated carbocycles. The minimum Gasteiger partial charge on any atom is -0.461 e. The average Bonchev–Trinajstić information content (AvgIpc) is 2.55. The number of sulfonamides is 1. The third-order valence-electron chi connectivity index (χ3n) is 3.17. The van der Waals surface area contributed by atoms with Crippen molar-refractivity contribution in [3.63, 3.8) is 0 Å². The molecule has 0 aromatic heterocycles. The van der Waals surface area contributed by atoms with Crippen molar-refractivity contribution in [2.75, 3.05) is 13.2 Å². The second-order valence-electron chi connectivity index (χ2n) is 5.10. The van der Waals surface area contributed by atoms with Gasteiger partial charge in [-0.3, -0.25) is 0 Å². The number of carbonyl (C=O) groups excluding carboxylic acids is 1. The molecule has 1 N–H and O–H groups in total. The van der Waals surface area contributed by atoms with E-state index in [0.29, 0.717) is 5.56 Å². The van der Waals surface area contributed by atoms with E-state index in [1.807, 2.05) is 13.0 Å². The van der Waals surface area contributed by atoms with Crippen LogP contribution in [0, 0.1) is 17.6 Å². The third-order valence-corrected chi connectivity index (χ3v) is 8.32. The highest BCUT2D eigenvalue weighted by Gasteiger charge is 2.16. The van der Waals surface area contributed by atoms with E-state index < -0.39 is 16.0 Å². The van der Waals surface area contributed by atoms with E-state index in [2.05, 4.69) is 72.5 Å². The number of halogens is 3. The fourth-order valence-corrected chi connectivity index (χ4v) is 5.29. The summed E-state index contributed by atoms with van der Waals surface area (Å²) in [5.41, 5.74) is 1.47. The lowest BCUT2D eigenvalue weighted by atomic mass is 10.2. The number of hydrogen-bond acceptors (Lipinski definition) is 4. The largest absolute Gasteiger partial charge is 0.461 e. The van der Waals surface area contributed by atoms with Gasteiger partial charge < -0.3 is 4.74 Å². The van der Waals surface area contributed by atoms with Crippen LogP contribution in [0.5, 0.6) is 0 Å². The van der Waals surface area contributed by atoms with E-state index in [-0.39, 0.29) is 18.0 Å². The van der Waals surface area contributed by atoms with Crippen LogP contribution in [0.25, 0.3) is 0 Å². The van der Waals surface area contributed by atoms with Crippen LogP contribution >= 0.6 is 67.8 Å². The number of hydrogen-bond donors (Lipinski definition) is 1. The van der Waals surface area contributed by atoms with Gasteiger partial charge >= 0.3 is 5.97 Å². The van der Waals surface area contributed by atoms with Crippen molar-refractivity contribution < 1.29 is 17.9 Å². The quantitative estimate of drug-likeness (QED) is 0.215. The maximum Gasteiger partial charge on any atom is 0.339 e. The Morgan fingerprint density at radius 1 is 1.12 bits per heavy atom. The van der Waals surface area contributed by atoms with Gasteiger partial charge in [-0.2, -0.15) is 0 Å². The van der Waals surface area contributed by atoms with Crippen molar-refractivity contribution in [2.24, 2.45) is 0 Å². The molecule has 0 spiro atoms. The monoisotopic (exact) mass is 697 g/mol. The summed E-state index contributed by atoms with van der Waals surface area (Å²) >= 11 is 6.40. The maximum absolute atomic E-state index is 12.2. The van der Waals surface area contributed by atoms with Gasteiger partial charge in [0.2, 0.25) is 10.0 Å². The fraction of sp³-hybridized carbons (Fsp3) is 0.188. The number of rotatable bonds is 6. The summed E-state index contributed by atoms with van der Waals surface area (Å²) in [7, 11) is -3.61. The third kappa shape index (κ3) is 6.01. The lowest BCUT2D eigenvalue weighted by Crippen LogP contribution is -2.28. The van der Waals surface area contributed by atoms with E-state index in [0.717, 1.165) is 16.3 Å². The smallest absolute Gasteiger partial charge is 0.339 e. The van der Waals surface area contributed by atoms with Gasteiger partial charge in [-0.1, -0.05) is 17.7 Å². The first-order chi connectivity index (χ1) is 11.7. The van der Waals surface area contributed by atoms with Crippen molar-refractivity contribution in [3.05, 3.63) is 58.2 Å². The first-order valence-electron chi connectivity index (χ1n) is 7.09. The van der Waals surface area contributed by atoms with E-state index in [1.54, 1.807) is 30.3 Å². The maximum atomic E-state index is 12.2. The van der Waals surface area contributed by atoms with Gasteiger partial charge in [0.05, 0.1) is 10.5 Å². The molecule has 134 valence electrons. The summed E-state index contributed by atoms with van der Waals surface area (Å²) in [6, 6.07) is 10.3. The Kier molecular flexibility index (Phi) is 7.91. The van der Waals surface area contributed by atoms with Crippen LogP contribution in [0.4, 0.5) is 0 Å². The predicted octanol–water partition coefficient (Wildman–Crippen LogP) is 3.94. The van der Waals surface area contributed by atoms with Gasteiger partial charge in [0.25, 0.3) is 0 Å². The molecule has 0 fully saturated rings. The molecule has 0 unspecified atom stereocenters. The van der Waals surface area contributed by atoms with E-state index in [1.165, 1.54) is 0 Å². The van der Waals surface area contributed by atoms with Crippen molar-refractivity contribution >= 4 is 83.8 Å². The fourth-order valence-electron chi connectivity index (χ4n) is 1.90. The molecule has 9 heteroatoms. The molecule has 2 aromatic rings.